The molecule has 1 aliphatic heterocycles. The first-order valence-corrected chi connectivity index (χ1v) is 8.91. The second-order valence-electron chi connectivity index (χ2n) is 6.76. The van der Waals surface area contributed by atoms with E-state index in [1.807, 2.05) is 38.1 Å². The molecule has 128 valence electrons. The largest absolute Gasteiger partial charge is 0.491 e. The zero-order valence-corrected chi connectivity index (χ0v) is 14.6. The number of aliphatic hydroxyl groups excluding tert-OH is 1. The number of nitrogens with zero attached hydrogens (tertiary/aromatic N) is 1. The summed E-state index contributed by atoms with van der Waals surface area (Å²) in [5.74, 6) is 0.853. The topological polar surface area (TPSA) is 32.7 Å². The van der Waals surface area contributed by atoms with Gasteiger partial charge in [0, 0.05) is 18.8 Å². The molecule has 1 atom stereocenters. The Kier molecular flexibility index (Phi) is 5.41. The fourth-order valence-electron chi connectivity index (χ4n) is 3.33. The first-order valence-electron chi connectivity index (χ1n) is 8.91. The Labute approximate surface area is 144 Å². The summed E-state index contributed by atoms with van der Waals surface area (Å²) in [5.41, 5.74) is 3.71. The van der Waals surface area contributed by atoms with Crippen molar-refractivity contribution >= 4 is 5.69 Å². The quantitative estimate of drug-likeness (QED) is 0.857. The number of anilines is 1. The van der Waals surface area contributed by atoms with Crippen LogP contribution in [0.4, 0.5) is 5.69 Å². The van der Waals surface area contributed by atoms with Crippen LogP contribution in [-0.2, 0) is 6.42 Å². The normalized spacial score (nSPS) is 15.2. The van der Waals surface area contributed by atoms with Crippen molar-refractivity contribution < 1.29 is 9.84 Å². The maximum atomic E-state index is 10.5. The van der Waals surface area contributed by atoms with E-state index >= 15 is 0 Å². The molecule has 2 aromatic rings. The van der Waals surface area contributed by atoms with E-state index in [0.717, 1.165) is 37.2 Å². The number of rotatable bonds is 6. The molecule has 0 bridgehead atoms. The number of para-hydroxylation sites is 1. The SMILES string of the molecule is CC(C)Oc1ccc(C(O)CCN2CCCc3ccccc32)cc1. The first-order chi connectivity index (χ1) is 11.6. The number of aryl methyl sites for hydroxylation is 1. The fourth-order valence-corrected chi connectivity index (χ4v) is 3.33. The molecule has 3 rings (SSSR count). The number of hydrogen-bond donors (Lipinski definition) is 1. The highest BCUT2D eigenvalue weighted by Gasteiger charge is 2.17. The zero-order valence-electron chi connectivity index (χ0n) is 14.6. The molecule has 0 radical (unpaired) electrons. The first kappa shape index (κ1) is 16.8. The van der Waals surface area contributed by atoms with Gasteiger partial charge in [-0.25, -0.2) is 0 Å². The van der Waals surface area contributed by atoms with E-state index in [0.29, 0.717) is 0 Å². The van der Waals surface area contributed by atoms with Crippen LogP contribution in [0.5, 0.6) is 5.75 Å². The van der Waals surface area contributed by atoms with Crippen LogP contribution in [0.1, 0.15) is 43.9 Å². The molecule has 0 aromatic heterocycles. The lowest BCUT2D eigenvalue weighted by molar-refractivity contribution is 0.169. The lowest BCUT2D eigenvalue weighted by Crippen LogP contribution is -2.31. The van der Waals surface area contributed by atoms with Gasteiger partial charge in [-0.05, 0) is 62.4 Å². The molecule has 3 nitrogen and oxygen atoms in total. The lowest BCUT2D eigenvalue weighted by Gasteiger charge is -2.32. The van der Waals surface area contributed by atoms with Crippen molar-refractivity contribution in [3.05, 3.63) is 59.7 Å². The van der Waals surface area contributed by atoms with E-state index in [1.54, 1.807) is 0 Å². The molecule has 3 heteroatoms. The summed E-state index contributed by atoms with van der Waals surface area (Å²) in [6, 6.07) is 16.4. The predicted molar refractivity (Wildman–Crippen MR) is 98.8 cm³/mol. The Morgan fingerprint density at radius 3 is 2.58 bits per heavy atom. The summed E-state index contributed by atoms with van der Waals surface area (Å²) in [5, 5.41) is 10.5. The Morgan fingerprint density at radius 2 is 1.83 bits per heavy atom. The van der Waals surface area contributed by atoms with E-state index in [9.17, 15) is 5.11 Å². The second-order valence-corrected chi connectivity index (χ2v) is 6.76. The molecule has 0 saturated carbocycles. The molecule has 0 spiro atoms. The number of benzene rings is 2. The van der Waals surface area contributed by atoms with Gasteiger partial charge in [0.1, 0.15) is 5.75 Å². The van der Waals surface area contributed by atoms with Crippen molar-refractivity contribution in [2.75, 3.05) is 18.0 Å². The third-order valence-electron chi connectivity index (χ3n) is 4.52. The second kappa shape index (κ2) is 7.71. The average Bonchev–Trinajstić information content (AvgIpc) is 2.59. The maximum absolute atomic E-state index is 10.5. The van der Waals surface area contributed by atoms with Gasteiger partial charge < -0.3 is 14.7 Å². The van der Waals surface area contributed by atoms with E-state index in [1.165, 1.54) is 17.7 Å². The summed E-state index contributed by atoms with van der Waals surface area (Å²) in [7, 11) is 0. The van der Waals surface area contributed by atoms with E-state index < -0.39 is 6.10 Å². The van der Waals surface area contributed by atoms with Crippen LogP contribution in [0.15, 0.2) is 48.5 Å². The Balaban J connectivity index is 1.59. The van der Waals surface area contributed by atoms with E-state index in [-0.39, 0.29) is 6.10 Å². The Bertz CT molecular complexity index is 651. The molecule has 2 aromatic carbocycles. The van der Waals surface area contributed by atoms with Crippen molar-refractivity contribution in [2.45, 2.75) is 45.3 Å². The van der Waals surface area contributed by atoms with Gasteiger partial charge in [-0.1, -0.05) is 30.3 Å². The molecule has 1 unspecified atom stereocenters. The molecule has 0 aliphatic carbocycles. The Morgan fingerprint density at radius 1 is 1.08 bits per heavy atom. The van der Waals surface area contributed by atoms with Crippen molar-refractivity contribution in [1.29, 1.82) is 0 Å². The van der Waals surface area contributed by atoms with Crippen LogP contribution in [0.25, 0.3) is 0 Å². The number of aliphatic hydroxyl groups is 1. The van der Waals surface area contributed by atoms with Crippen molar-refractivity contribution in [2.24, 2.45) is 0 Å². The summed E-state index contributed by atoms with van der Waals surface area (Å²) < 4.78 is 5.65. The number of ether oxygens (including phenoxy) is 1. The fraction of sp³-hybridized carbons (Fsp3) is 0.429. The number of hydrogen-bond acceptors (Lipinski definition) is 3. The molecule has 0 amide bonds. The lowest BCUT2D eigenvalue weighted by atomic mass is 10.0. The molecule has 1 N–H and O–H groups in total. The van der Waals surface area contributed by atoms with Crippen molar-refractivity contribution in [1.82, 2.24) is 0 Å². The van der Waals surface area contributed by atoms with Crippen LogP contribution in [-0.4, -0.2) is 24.3 Å². The van der Waals surface area contributed by atoms with Crippen molar-refractivity contribution in [3.63, 3.8) is 0 Å². The van der Waals surface area contributed by atoms with Crippen LogP contribution in [0.3, 0.4) is 0 Å². The van der Waals surface area contributed by atoms with Gasteiger partial charge in [-0.15, -0.1) is 0 Å². The van der Waals surface area contributed by atoms with Gasteiger partial charge in [0.25, 0.3) is 0 Å². The molecule has 24 heavy (non-hydrogen) atoms. The highest BCUT2D eigenvalue weighted by molar-refractivity contribution is 5.55. The molecule has 0 saturated heterocycles. The molecule has 1 heterocycles. The standard InChI is InChI=1S/C21H27NO2/c1-16(2)24-19-11-9-18(10-12-19)21(23)13-15-22-14-5-7-17-6-3-4-8-20(17)22/h3-4,6,8-12,16,21,23H,5,7,13-15H2,1-2H3. The minimum absolute atomic E-state index is 0.167. The van der Waals surface area contributed by atoms with E-state index in [4.69, 9.17) is 4.74 Å². The van der Waals surface area contributed by atoms with Crippen LogP contribution >= 0.6 is 0 Å². The van der Waals surface area contributed by atoms with Gasteiger partial charge >= 0.3 is 0 Å². The predicted octanol–water partition coefficient (Wildman–Crippen LogP) is 4.35. The van der Waals surface area contributed by atoms with E-state index in [2.05, 4.69) is 29.2 Å². The smallest absolute Gasteiger partial charge is 0.119 e. The minimum Gasteiger partial charge on any atom is -0.491 e. The minimum atomic E-state index is -0.438. The van der Waals surface area contributed by atoms with Gasteiger partial charge in [0.15, 0.2) is 0 Å². The van der Waals surface area contributed by atoms with Gasteiger partial charge in [0.05, 0.1) is 12.2 Å². The summed E-state index contributed by atoms with van der Waals surface area (Å²) in [6.07, 6.45) is 2.81. The third-order valence-corrected chi connectivity index (χ3v) is 4.52. The van der Waals surface area contributed by atoms with Crippen LogP contribution in [0.2, 0.25) is 0 Å². The van der Waals surface area contributed by atoms with Gasteiger partial charge in [-0.2, -0.15) is 0 Å². The molecule has 0 fully saturated rings. The monoisotopic (exact) mass is 325 g/mol. The van der Waals surface area contributed by atoms with Crippen molar-refractivity contribution in [3.8, 4) is 5.75 Å². The van der Waals surface area contributed by atoms with Gasteiger partial charge in [-0.3, -0.25) is 0 Å². The Hall–Kier alpha value is -2.00. The highest BCUT2D eigenvalue weighted by atomic mass is 16.5. The number of fused-ring (bicyclic) bond motifs is 1. The highest BCUT2D eigenvalue weighted by Crippen LogP contribution is 2.28. The zero-order chi connectivity index (χ0) is 16.9. The molecule has 1 aliphatic rings. The molecular formula is C21H27NO2. The summed E-state index contributed by atoms with van der Waals surface area (Å²) in [4.78, 5) is 2.40. The van der Waals surface area contributed by atoms with Crippen LogP contribution in [0, 0.1) is 0 Å². The average molecular weight is 325 g/mol. The summed E-state index contributed by atoms with van der Waals surface area (Å²) in [6.45, 7) is 5.98. The third kappa shape index (κ3) is 4.09. The van der Waals surface area contributed by atoms with Gasteiger partial charge in [0.2, 0.25) is 0 Å². The summed E-state index contributed by atoms with van der Waals surface area (Å²) >= 11 is 0. The van der Waals surface area contributed by atoms with Crippen LogP contribution < -0.4 is 9.64 Å². The maximum Gasteiger partial charge on any atom is 0.119 e. The molecular weight excluding hydrogens is 298 g/mol.